The van der Waals surface area contributed by atoms with E-state index in [1.54, 1.807) is 6.07 Å². The first-order chi connectivity index (χ1) is 14.4. The van der Waals surface area contributed by atoms with E-state index in [2.05, 4.69) is 14.8 Å². The molecule has 1 saturated heterocycles. The molecule has 8 nitrogen and oxygen atoms in total. The third-order valence-electron chi connectivity index (χ3n) is 5.59. The van der Waals surface area contributed by atoms with Crippen LogP contribution in [0.1, 0.15) is 37.6 Å². The summed E-state index contributed by atoms with van der Waals surface area (Å²) in [4.78, 5) is 24.9. The molecule has 0 bridgehead atoms. The lowest BCUT2D eigenvalue weighted by Crippen LogP contribution is -2.47. The van der Waals surface area contributed by atoms with Crippen LogP contribution in [0.5, 0.6) is 11.5 Å². The summed E-state index contributed by atoms with van der Waals surface area (Å²) < 4.78 is 11.3. The maximum absolute atomic E-state index is 12.7. The molecule has 4 rings (SSSR count). The van der Waals surface area contributed by atoms with Crippen molar-refractivity contribution in [1.29, 1.82) is 0 Å². The molecule has 2 atom stereocenters. The second-order valence-electron chi connectivity index (χ2n) is 8.17. The van der Waals surface area contributed by atoms with Crippen molar-refractivity contribution in [2.24, 2.45) is 0 Å². The van der Waals surface area contributed by atoms with Gasteiger partial charge in [-0.05, 0) is 44.9 Å². The van der Waals surface area contributed by atoms with Crippen LogP contribution in [0.15, 0.2) is 23.0 Å². The van der Waals surface area contributed by atoms with Crippen molar-refractivity contribution in [2.75, 3.05) is 31.1 Å². The van der Waals surface area contributed by atoms with Crippen molar-refractivity contribution in [3.8, 4) is 11.5 Å². The van der Waals surface area contributed by atoms with Crippen LogP contribution < -0.4 is 15.2 Å². The van der Waals surface area contributed by atoms with Crippen molar-refractivity contribution < 1.29 is 14.6 Å². The van der Waals surface area contributed by atoms with Crippen LogP contribution >= 0.6 is 0 Å². The van der Waals surface area contributed by atoms with Gasteiger partial charge in [-0.1, -0.05) is 6.07 Å². The Hall–Kier alpha value is -2.58. The van der Waals surface area contributed by atoms with E-state index in [4.69, 9.17) is 14.5 Å². The third-order valence-corrected chi connectivity index (χ3v) is 5.59. The van der Waals surface area contributed by atoms with Crippen molar-refractivity contribution in [3.63, 3.8) is 0 Å². The normalized spacial score (nSPS) is 22.0. The van der Waals surface area contributed by atoms with Crippen LogP contribution in [0.25, 0.3) is 0 Å². The van der Waals surface area contributed by atoms with Crippen molar-refractivity contribution in [2.45, 2.75) is 52.5 Å². The summed E-state index contributed by atoms with van der Waals surface area (Å²) in [5, 5.41) is 9.92. The molecule has 2 aliphatic rings. The van der Waals surface area contributed by atoms with Gasteiger partial charge in [0.15, 0.2) is 11.5 Å². The standard InChI is InChI=1S/C22H30N4O4/c1-4-29-20-9-16(5-6-19(20)27)12-25-8-7-17-18(13-25)23-22(24-21(17)28)26-10-14(2)30-15(3)11-26/h5-6,9,14-15,27H,4,7-8,10-13H2,1-3H3,(H,23,24,28)/t14-,15-/m0/s1. The van der Waals surface area contributed by atoms with Crippen molar-refractivity contribution in [3.05, 3.63) is 45.4 Å². The van der Waals surface area contributed by atoms with Crippen LogP contribution in [-0.4, -0.2) is 58.4 Å². The summed E-state index contributed by atoms with van der Waals surface area (Å²) in [6.07, 6.45) is 0.866. The summed E-state index contributed by atoms with van der Waals surface area (Å²) in [7, 11) is 0. The molecule has 0 aliphatic carbocycles. The lowest BCUT2D eigenvalue weighted by molar-refractivity contribution is -0.00576. The highest BCUT2D eigenvalue weighted by molar-refractivity contribution is 5.42. The molecule has 30 heavy (non-hydrogen) atoms. The molecule has 2 aromatic rings. The topological polar surface area (TPSA) is 90.9 Å². The number of ether oxygens (including phenoxy) is 2. The number of hydrogen-bond acceptors (Lipinski definition) is 7. The SMILES string of the molecule is CCOc1cc(CN2CCc3c(nc(N4C[C@H](C)O[C@@H](C)C4)[nH]c3=O)C2)ccc1O. The molecule has 0 spiro atoms. The summed E-state index contributed by atoms with van der Waals surface area (Å²) >= 11 is 0. The molecule has 8 heteroatoms. The maximum atomic E-state index is 12.7. The van der Waals surface area contributed by atoms with E-state index in [9.17, 15) is 9.90 Å². The number of phenols is 1. The Morgan fingerprint density at radius 1 is 1.30 bits per heavy atom. The molecule has 0 saturated carbocycles. The number of morpholine rings is 1. The molecule has 1 fully saturated rings. The lowest BCUT2D eigenvalue weighted by Gasteiger charge is -2.36. The molecule has 2 aliphatic heterocycles. The van der Waals surface area contributed by atoms with Gasteiger partial charge in [-0.15, -0.1) is 0 Å². The zero-order valence-corrected chi connectivity index (χ0v) is 17.9. The van der Waals surface area contributed by atoms with E-state index in [1.165, 1.54) is 0 Å². The minimum Gasteiger partial charge on any atom is -0.504 e. The number of aromatic nitrogens is 2. The number of nitrogens with zero attached hydrogens (tertiary/aromatic N) is 3. The zero-order chi connectivity index (χ0) is 21.3. The number of nitrogens with one attached hydrogen (secondary N) is 1. The first-order valence-corrected chi connectivity index (χ1v) is 10.6. The summed E-state index contributed by atoms with van der Waals surface area (Å²) in [5.41, 5.74) is 2.64. The zero-order valence-electron chi connectivity index (χ0n) is 17.9. The van der Waals surface area contributed by atoms with E-state index in [0.29, 0.717) is 50.9 Å². The van der Waals surface area contributed by atoms with E-state index in [-0.39, 0.29) is 23.5 Å². The van der Waals surface area contributed by atoms with Crippen molar-refractivity contribution >= 4 is 5.95 Å². The first kappa shape index (κ1) is 20.7. The number of aromatic amines is 1. The largest absolute Gasteiger partial charge is 0.504 e. The van der Waals surface area contributed by atoms with Crippen LogP contribution in [-0.2, 0) is 24.2 Å². The van der Waals surface area contributed by atoms with Gasteiger partial charge in [0, 0.05) is 38.3 Å². The second-order valence-corrected chi connectivity index (χ2v) is 8.17. The van der Waals surface area contributed by atoms with Gasteiger partial charge >= 0.3 is 0 Å². The molecule has 2 N–H and O–H groups in total. The first-order valence-electron chi connectivity index (χ1n) is 10.6. The Bertz CT molecular complexity index is 951. The molecule has 1 aromatic carbocycles. The molecule has 0 radical (unpaired) electrons. The fourth-order valence-corrected chi connectivity index (χ4v) is 4.30. The van der Waals surface area contributed by atoms with Gasteiger partial charge in [0.2, 0.25) is 5.95 Å². The smallest absolute Gasteiger partial charge is 0.255 e. The highest BCUT2D eigenvalue weighted by atomic mass is 16.5. The molecular weight excluding hydrogens is 384 g/mol. The summed E-state index contributed by atoms with van der Waals surface area (Å²) in [6.45, 7) is 10.00. The number of hydrogen-bond donors (Lipinski definition) is 2. The molecule has 1 aromatic heterocycles. The van der Waals surface area contributed by atoms with Gasteiger partial charge in [-0.2, -0.15) is 0 Å². The molecular formula is C22H30N4O4. The number of H-pyrrole nitrogens is 1. The Kier molecular flexibility index (Phi) is 5.97. The van der Waals surface area contributed by atoms with Crippen LogP contribution in [0.2, 0.25) is 0 Å². The lowest BCUT2D eigenvalue weighted by atomic mass is 10.1. The van der Waals surface area contributed by atoms with Gasteiger partial charge in [-0.25, -0.2) is 4.98 Å². The molecule has 3 heterocycles. The Morgan fingerprint density at radius 3 is 2.80 bits per heavy atom. The maximum Gasteiger partial charge on any atom is 0.255 e. The molecule has 0 amide bonds. The average molecular weight is 415 g/mol. The fraction of sp³-hybridized carbons (Fsp3) is 0.545. The van der Waals surface area contributed by atoms with Crippen LogP contribution in [0.4, 0.5) is 5.95 Å². The monoisotopic (exact) mass is 414 g/mol. The van der Waals surface area contributed by atoms with E-state index in [1.807, 2.05) is 32.9 Å². The summed E-state index contributed by atoms with van der Waals surface area (Å²) in [6, 6.07) is 5.45. The predicted octanol–water partition coefficient (Wildman–Crippen LogP) is 2.05. The average Bonchev–Trinajstić information content (AvgIpc) is 2.70. The van der Waals surface area contributed by atoms with Gasteiger partial charge in [0.05, 0.1) is 24.5 Å². The minimum atomic E-state index is -0.0373. The quantitative estimate of drug-likeness (QED) is 0.774. The van der Waals surface area contributed by atoms with Crippen LogP contribution in [0.3, 0.4) is 0 Å². The molecule has 162 valence electrons. The minimum absolute atomic E-state index is 0.0373. The highest BCUT2D eigenvalue weighted by Gasteiger charge is 2.27. The second kappa shape index (κ2) is 8.65. The predicted molar refractivity (Wildman–Crippen MR) is 114 cm³/mol. The Labute approximate surface area is 176 Å². The summed E-state index contributed by atoms with van der Waals surface area (Å²) in [5.74, 6) is 1.28. The third kappa shape index (κ3) is 4.44. The van der Waals surface area contributed by atoms with Crippen LogP contribution in [0, 0.1) is 0 Å². The number of aromatic hydroxyl groups is 1. The van der Waals surface area contributed by atoms with Gasteiger partial charge < -0.3 is 19.5 Å². The van der Waals surface area contributed by atoms with E-state index < -0.39 is 0 Å². The number of phenolic OH excluding ortho intramolecular Hbond substituents is 1. The molecule has 0 unspecified atom stereocenters. The number of anilines is 1. The van der Waals surface area contributed by atoms with Gasteiger partial charge in [-0.3, -0.25) is 14.7 Å². The van der Waals surface area contributed by atoms with E-state index in [0.717, 1.165) is 23.4 Å². The number of benzene rings is 1. The number of fused-ring (bicyclic) bond motifs is 1. The van der Waals surface area contributed by atoms with Gasteiger partial charge in [0.25, 0.3) is 5.56 Å². The van der Waals surface area contributed by atoms with Gasteiger partial charge in [0.1, 0.15) is 0 Å². The van der Waals surface area contributed by atoms with E-state index >= 15 is 0 Å². The Balaban J connectivity index is 1.52. The number of rotatable bonds is 5. The Morgan fingerprint density at radius 2 is 2.07 bits per heavy atom. The van der Waals surface area contributed by atoms with Crippen molar-refractivity contribution in [1.82, 2.24) is 14.9 Å². The highest BCUT2D eigenvalue weighted by Crippen LogP contribution is 2.28. The fourth-order valence-electron chi connectivity index (χ4n) is 4.30.